The van der Waals surface area contributed by atoms with Crippen LogP contribution in [0.1, 0.15) is 37.8 Å². The number of rotatable bonds is 2. The Labute approximate surface area is 107 Å². The number of aliphatic hydroxyl groups is 1. The summed E-state index contributed by atoms with van der Waals surface area (Å²) in [7, 11) is 0. The highest BCUT2D eigenvalue weighted by atomic mass is 16.3. The molecule has 1 N–H and O–H groups in total. The standard InChI is InChI=1S/C15H19NO2/c1-10(11-5-3-2-4-6-11)16-13-8-7-12(15(16)18)9-14(13)17/h2-6,10,12-14,17H,7-9H2,1H3/t10-,12+,13-,14-/m0/s1. The molecule has 2 bridgehead atoms. The molecule has 4 atom stereocenters. The molecule has 0 spiro atoms. The molecule has 1 aromatic carbocycles. The SMILES string of the molecule is C[C@@H](c1ccccc1)N1C(=O)[C@@H]2CC[C@H]1[C@@H](O)C2. The Morgan fingerprint density at radius 1 is 1.28 bits per heavy atom. The molecule has 96 valence electrons. The second kappa shape index (κ2) is 4.39. The maximum Gasteiger partial charge on any atom is 0.226 e. The third-order valence-electron chi connectivity index (χ3n) is 4.44. The van der Waals surface area contributed by atoms with E-state index in [0.717, 1.165) is 18.4 Å². The van der Waals surface area contributed by atoms with Gasteiger partial charge in [0, 0.05) is 5.92 Å². The van der Waals surface area contributed by atoms with E-state index in [2.05, 4.69) is 6.92 Å². The van der Waals surface area contributed by atoms with E-state index in [1.807, 2.05) is 35.2 Å². The van der Waals surface area contributed by atoms with Crippen molar-refractivity contribution < 1.29 is 9.90 Å². The van der Waals surface area contributed by atoms with Gasteiger partial charge in [-0.05, 0) is 31.7 Å². The number of benzene rings is 1. The van der Waals surface area contributed by atoms with Crippen molar-refractivity contribution in [1.29, 1.82) is 0 Å². The molecular weight excluding hydrogens is 226 g/mol. The van der Waals surface area contributed by atoms with E-state index in [1.54, 1.807) is 0 Å². The lowest BCUT2D eigenvalue weighted by Gasteiger charge is -2.50. The summed E-state index contributed by atoms with van der Waals surface area (Å²) in [6.07, 6.45) is 2.20. The molecule has 1 aromatic rings. The van der Waals surface area contributed by atoms with Gasteiger partial charge in [0.05, 0.1) is 18.2 Å². The van der Waals surface area contributed by atoms with Crippen molar-refractivity contribution in [3.8, 4) is 0 Å². The average molecular weight is 245 g/mol. The summed E-state index contributed by atoms with van der Waals surface area (Å²) in [6, 6.07) is 10.1. The highest BCUT2D eigenvalue weighted by molar-refractivity contribution is 5.81. The third kappa shape index (κ3) is 1.74. The van der Waals surface area contributed by atoms with Crippen molar-refractivity contribution in [3.05, 3.63) is 35.9 Å². The molecule has 3 heteroatoms. The van der Waals surface area contributed by atoms with Crippen LogP contribution in [0.3, 0.4) is 0 Å². The van der Waals surface area contributed by atoms with E-state index in [0.29, 0.717) is 6.42 Å². The third-order valence-corrected chi connectivity index (χ3v) is 4.44. The number of carbonyl (C=O) groups excluding carboxylic acids is 1. The van der Waals surface area contributed by atoms with Crippen LogP contribution in [0.4, 0.5) is 0 Å². The fourth-order valence-corrected chi connectivity index (χ4v) is 3.42. The van der Waals surface area contributed by atoms with E-state index >= 15 is 0 Å². The average Bonchev–Trinajstić information content (AvgIpc) is 2.41. The van der Waals surface area contributed by atoms with E-state index in [9.17, 15) is 9.90 Å². The van der Waals surface area contributed by atoms with Crippen LogP contribution in [0.25, 0.3) is 0 Å². The summed E-state index contributed by atoms with van der Waals surface area (Å²) in [5, 5.41) is 10.1. The van der Waals surface area contributed by atoms with Crippen LogP contribution in [-0.2, 0) is 4.79 Å². The number of piperidine rings is 2. The number of amides is 1. The summed E-state index contributed by atoms with van der Waals surface area (Å²) >= 11 is 0. The fraction of sp³-hybridized carbons (Fsp3) is 0.533. The van der Waals surface area contributed by atoms with Crippen molar-refractivity contribution in [1.82, 2.24) is 4.90 Å². The first-order valence-corrected chi connectivity index (χ1v) is 6.73. The number of aliphatic hydroxyl groups excluding tert-OH is 1. The zero-order valence-electron chi connectivity index (χ0n) is 10.6. The largest absolute Gasteiger partial charge is 0.391 e. The number of fused-ring (bicyclic) bond motifs is 3. The minimum Gasteiger partial charge on any atom is -0.391 e. The molecule has 3 aliphatic rings. The van der Waals surface area contributed by atoms with E-state index in [1.165, 1.54) is 0 Å². The smallest absolute Gasteiger partial charge is 0.226 e. The Balaban J connectivity index is 1.89. The second-order valence-electron chi connectivity index (χ2n) is 5.48. The molecule has 2 aliphatic heterocycles. The van der Waals surface area contributed by atoms with Gasteiger partial charge in [0.15, 0.2) is 0 Å². The summed E-state index contributed by atoms with van der Waals surface area (Å²) in [6.45, 7) is 2.06. The van der Waals surface area contributed by atoms with Crippen LogP contribution in [0.5, 0.6) is 0 Å². The molecule has 1 aliphatic carbocycles. The molecular formula is C15H19NO2. The molecule has 4 rings (SSSR count). The highest BCUT2D eigenvalue weighted by Crippen LogP contribution is 2.40. The molecule has 3 nitrogen and oxygen atoms in total. The summed E-state index contributed by atoms with van der Waals surface area (Å²) in [4.78, 5) is 14.3. The number of carbonyl (C=O) groups is 1. The number of hydrogen-bond donors (Lipinski definition) is 1. The van der Waals surface area contributed by atoms with Crippen LogP contribution >= 0.6 is 0 Å². The molecule has 1 saturated carbocycles. The Kier molecular flexibility index (Phi) is 2.86. The van der Waals surface area contributed by atoms with Crippen LogP contribution in [0, 0.1) is 5.92 Å². The first kappa shape index (κ1) is 11.7. The van der Waals surface area contributed by atoms with Gasteiger partial charge in [0.1, 0.15) is 0 Å². The highest BCUT2D eigenvalue weighted by Gasteiger charge is 2.47. The summed E-state index contributed by atoms with van der Waals surface area (Å²) in [5.74, 6) is 0.268. The Hall–Kier alpha value is -1.35. The van der Waals surface area contributed by atoms with Gasteiger partial charge >= 0.3 is 0 Å². The molecule has 0 aromatic heterocycles. The van der Waals surface area contributed by atoms with Crippen molar-refractivity contribution in [3.63, 3.8) is 0 Å². The van der Waals surface area contributed by atoms with Crippen molar-refractivity contribution in [2.75, 3.05) is 0 Å². The molecule has 1 amide bonds. The number of hydrogen-bond acceptors (Lipinski definition) is 2. The molecule has 2 heterocycles. The van der Waals surface area contributed by atoms with Gasteiger partial charge in [-0.1, -0.05) is 30.3 Å². The van der Waals surface area contributed by atoms with Crippen molar-refractivity contribution in [2.24, 2.45) is 5.92 Å². The Bertz CT molecular complexity index is 445. The lowest BCUT2D eigenvalue weighted by atomic mass is 9.76. The molecule has 18 heavy (non-hydrogen) atoms. The van der Waals surface area contributed by atoms with E-state index in [4.69, 9.17) is 0 Å². The maximum absolute atomic E-state index is 12.4. The van der Waals surface area contributed by atoms with Crippen LogP contribution in [-0.4, -0.2) is 28.1 Å². The first-order valence-electron chi connectivity index (χ1n) is 6.73. The van der Waals surface area contributed by atoms with Gasteiger partial charge < -0.3 is 10.0 Å². The van der Waals surface area contributed by atoms with Gasteiger partial charge in [0.2, 0.25) is 5.91 Å². The summed E-state index contributed by atoms with van der Waals surface area (Å²) in [5.41, 5.74) is 1.14. The molecule has 3 fully saturated rings. The summed E-state index contributed by atoms with van der Waals surface area (Å²) < 4.78 is 0. The predicted molar refractivity (Wildman–Crippen MR) is 68.8 cm³/mol. The zero-order valence-corrected chi connectivity index (χ0v) is 10.6. The second-order valence-corrected chi connectivity index (χ2v) is 5.48. The minimum atomic E-state index is -0.340. The van der Waals surface area contributed by atoms with Gasteiger partial charge in [-0.25, -0.2) is 0 Å². The molecule has 0 unspecified atom stereocenters. The molecule has 2 saturated heterocycles. The first-order chi connectivity index (χ1) is 8.68. The lowest BCUT2D eigenvalue weighted by Crippen LogP contribution is -2.59. The number of nitrogens with zero attached hydrogens (tertiary/aromatic N) is 1. The lowest BCUT2D eigenvalue weighted by molar-refractivity contribution is -0.160. The van der Waals surface area contributed by atoms with Gasteiger partial charge in [-0.15, -0.1) is 0 Å². The monoisotopic (exact) mass is 245 g/mol. The van der Waals surface area contributed by atoms with Gasteiger partial charge in [0.25, 0.3) is 0 Å². The zero-order chi connectivity index (χ0) is 12.7. The van der Waals surface area contributed by atoms with Crippen molar-refractivity contribution >= 4 is 5.91 Å². The van der Waals surface area contributed by atoms with Gasteiger partial charge in [-0.3, -0.25) is 4.79 Å². The van der Waals surface area contributed by atoms with Crippen LogP contribution in [0.15, 0.2) is 30.3 Å². The van der Waals surface area contributed by atoms with Crippen LogP contribution in [0.2, 0.25) is 0 Å². The quantitative estimate of drug-likeness (QED) is 0.867. The minimum absolute atomic E-state index is 0.0118. The molecule has 0 radical (unpaired) electrons. The fourth-order valence-electron chi connectivity index (χ4n) is 3.42. The Morgan fingerprint density at radius 3 is 2.67 bits per heavy atom. The Morgan fingerprint density at radius 2 is 2.00 bits per heavy atom. The predicted octanol–water partition coefficient (Wildman–Crippen LogP) is 2.12. The van der Waals surface area contributed by atoms with Crippen LogP contribution < -0.4 is 0 Å². The topological polar surface area (TPSA) is 40.5 Å². The normalized spacial score (nSPS) is 32.7. The van der Waals surface area contributed by atoms with E-state index < -0.39 is 0 Å². The maximum atomic E-state index is 12.4. The van der Waals surface area contributed by atoms with Crippen molar-refractivity contribution in [2.45, 2.75) is 44.4 Å². The van der Waals surface area contributed by atoms with Gasteiger partial charge in [-0.2, -0.15) is 0 Å². The van der Waals surface area contributed by atoms with E-state index in [-0.39, 0.29) is 30.0 Å².